The second kappa shape index (κ2) is 7.95. The van der Waals surface area contributed by atoms with E-state index < -0.39 is 0 Å². The summed E-state index contributed by atoms with van der Waals surface area (Å²) >= 11 is 0. The number of hydrogen-bond donors (Lipinski definition) is 0. The SMILES string of the molecule is C=CCCCCC(CC)n1c(=O)c2ccccc2n(CC)c1=O. The van der Waals surface area contributed by atoms with Crippen LogP contribution in [0, 0.1) is 0 Å². The predicted octanol–water partition coefficient (Wildman–Crippen LogP) is 3.88. The van der Waals surface area contributed by atoms with Gasteiger partial charge in [0, 0.05) is 12.6 Å². The van der Waals surface area contributed by atoms with Gasteiger partial charge in [0.25, 0.3) is 5.56 Å². The Morgan fingerprint density at radius 1 is 1.17 bits per heavy atom. The Hall–Kier alpha value is -2.10. The molecule has 2 rings (SSSR count). The third-order valence-electron chi connectivity index (χ3n) is 4.43. The highest BCUT2D eigenvalue weighted by Gasteiger charge is 2.18. The van der Waals surface area contributed by atoms with E-state index in [0.29, 0.717) is 11.9 Å². The molecule has 0 aliphatic heterocycles. The first-order chi connectivity index (χ1) is 11.2. The molecule has 2 aromatic rings. The number of nitrogens with zero attached hydrogens (tertiary/aromatic N) is 2. The number of rotatable bonds is 8. The minimum Gasteiger partial charge on any atom is -0.293 e. The molecule has 0 bridgehead atoms. The molecule has 1 heterocycles. The van der Waals surface area contributed by atoms with Crippen LogP contribution in [0.2, 0.25) is 0 Å². The van der Waals surface area contributed by atoms with Gasteiger partial charge in [0.2, 0.25) is 0 Å². The number of unbranched alkanes of at least 4 members (excludes halogenated alkanes) is 2. The quantitative estimate of drug-likeness (QED) is 0.548. The summed E-state index contributed by atoms with van der Waals surface area (Å²) in [5.74, 6) is 0. The Morgan fingerprint density at radius 3 is 2.57 bits per heavy atom. The van der Waals surface area contributed by atoms with Crippen LogP contribution in [0.25, 0.3) is 10.9 Å². The van der Waals surface area contributed by atoms with Gasteiger partial charge in [0.05, 0.1) is 10.9 Å². The second-order valence-corrected chi connectivity index (χ2v) is 5.85. The van der Waals surface area contributed by atoms with Crippen LogP contribution in [0.1, 0.15) is 52.0 Å². The van der Waals surface area contributed by atoms with E-state index in [1.807, 2.05) is 44.2 Å². The van der Waals surface area contributed by atoms with E-state index in [-0.39, 0.29) is 17.3 Å². The standard InChI is InChI=1S/C19H26N2O2/c1-4-7-8-9-12-15(5-2)21-18(22)16-13-10-11-14-17(16)20(6-3)19(21)23/h4,10-11,13-15H,1,5-9,12H2,2-3H3. The lowest BCUT2D eigenvalue weighted by Gasteiger charge is -2.20. The van der Waals surface area contributed by atoms with Crippen molar-refractivity contribution in [2.75, 3.05) is 0 Å². The summed E-state index contributed by atoms with van der Waals surface area (Å²) in [7, 11) is 0. The van der Waals surface area contributed by atoms with Crippen LogP contribution in [0.5, 0.6) is 0 Å². The Kier molecular flexibility index (Phi) is 5.97. The van der Waals surface area contributed by atoms with Gasteiger partial charge in [-0.05, 0) is 44.7 Å². The summed E-state index contributed by atoms with van der Waals surface area (Å²) in [6, 6.07) is 7.33. The molecule has 23 heavy (non-hydrogen) atoms. The summed E-state index contributed by atoms with van der Waals surface area (Å²) in [6.07, 6.45) is 6.56. The number of para-hydroxylation sites is 1. The molecule has 1 aromatic carbocycles. The highest BCUT2D eigenvalue weighted by molar-refractivity contribution is 5.77. The molecule has 4 nitrogen and oxygen atoms in total. The first kappa shape index (κ1) is 17.3. The summed E-state index contributed by atoms with van der Waals surface area (Å²) in [4.78, 5) is 25.7. The lowest BCUT2D eigenvalue weighted by atomic mass is 10.1. The largest absolute Gasteiger partial charge is 0.331 e. The van der Waals surface area contributed by atoms with Gasteiger partial charge >= 0.3 is 5.69 Å². The zero-order valence-corrected chi connectivity index (χ0v) is 14.1. The van der Waals surface area contributed by atoms with Crippen molar-refractivity contribution in [3.63, 3.8) is 0 Å². The van der Waals surface area contributed by atoms with Crippen molar-refractivity contribution >= 4 is 10.9 Å². The molecule has 0 N–H and O–H groups in total. The molecule has 124 valence electrons. The molecule has 1 aromatic heterocycles. The van der Waals surface area contributed by atoms with E-state index in [1.54, 1.807) is 4.57 Å². The van der Waals surface area contributed by atoms with Gasteiger partial charge in [-0.1, -0.05) is 31.6 Å². The fraction of sp³-hybridized carbons (Fsp3) is 0.474. The second-order valence-electron chi connectivity index (χ2n) is 5.85. The van der Waals surface area contributed by atoms with Crippen LogP contribution in [0.4, 0.5) is 0 Å². The Labute approximate surface area is 137 Å². The number of fused-ring (bicyclic) bond motifs is 1. The van der Waals surface area contributed by atoms with E-state index in [0.717, 1.165) is 37.6 Å². The molecular formula is C19H26N2O2. The molecule has 0 aliphatic rings. The minimum atomic E-state index is -0.188. The van der Waals surface area contributed by atoms with Crippen molar-refractivity contribution in [3.05, 3.63) is 57.8 Å². The van der Waals surface area contributed by atoms with E-state index in [2.05, 4.69) is 6.58 Å². The minimum absolute atomic E-state index is 0.0396. The molecule has 0 saturated carbocycles. The molecule has 0 saturated heterocycles. The molecule has 0 spiro atoms. The average molecular weight is 314 g/mol. The molecule has 0 amide bonds. The van der Waals surface area contributed by atoms with Crippen LogP contribution in [0.15, 0.2) is 46.5 Å². The fourth-order valence-corrected chi connectivity index (χ4v) is 3.15. The normalized spacial score (nSPS) is 12.4. The van der Waals surface area contributed by atoms with Crippen molar-refractivity contribution in [1.29, 1.82) is 0 Å². The number of hydrogen-bond acceptors (Lipinski definition) is 2. The number of aromatic nitrogens is 2. The van der Waals surface area contributed by atoms with Gasteiger partial charge in [-0.2, -0.15) is 0 Å². The smallest absolute Gasteiger partial charge is 0.293 e. The first-order valence-electron chi connectivity index (χ1n) is 8.50. The molecule has 0 aliphatic carbocycles. The highest BCUT2D eigenvalue weighted by Crippen LogP contribution is 2.18. The third kappa shape index (κ3) is 3.46. The average Bonchev–Trinajstić information content (AvgIpc) is 2.57. The number of allylic oxidation sites excluding steroid dienone is 1. The molecule has 1 unspecified atom stereocenters. The topological polar surface area (TPSA) is 44.0 Å². The Morgan fingerprint density at radius 2 is 1.91 bits per heavy atom. The van der Waals surface area contributed by atoms with Crippen molar-refractivity contribution in [3.8, 4) is 0 Å². The lowest BCUT2D eigenvalue weighted by molar-refractivity contribution is 0.400. The van der Waals surface area contributed by atoms with Gasteiger partial charge < -0.3 is 0 Å². The van der Waals surface area contributed by atoms with Gasteiger partial charge in [-0.25, -0.2) is 4.79 Å². The predicted molar refractivity (Wildman–Crippen MR) is 96.1 cm³/mol. The lowest BCUT2D eigenvalue weighted by Crippen LogP contribution is -2.42. The fourth-order valence-electron chi connectivity index (χ4n) is 3.15. The van der Waals surface area contributed by atoms with Crippen LogP contribution in [0.3, 0.4) is 0 Å². The van der Waals surface area contributed by atoms with Gasteiger partial charge in [-0.15, -0.1) is 6.58 Å². The van der Waals surface area contributed by atoms with Crippen LogP contribution in [-0.4, -0.2) is 9.13 Å². The molecule has 4 heteroatoms. The summed E-state index contributed by atoms with van der Waals surface area (Å²) in [5, 5.41) is 0.624. The zero-order valence-electron chi connectivity index (χ0n) is 14.1. The van der Waals surface area contributed by atoms with E-state index >= 15 is 0 Å². The zero-order chi connectivity index (χ0) is 16.8. The molecular weight excluding hydrogens is 288 g/mol. The summed E-state index contributed by atoms with van der Waals surface area (Å²) in [5.41, 5.74) is 0.375. The van der Waals surface area contributed by atoms with Crippen molar-refractivity contribution in [2.24, 2.45) is 0 Å². The van der Waals surface area contributed by atoms with Crippen molar-refractivity contribution in [2.45, 2.75) is 58.5 Å². The number of benzene rings is 1. The van der Waals surface area contributed by atoms with Gasteiger partial charge in [-0.3, -0.25) is 13.9 Å². The summed E-state index contributed by atoms with van der Waals surface area (Å²) in [6.45, 7) is 8.27. The van der Waals surface area contributed by atoms with Gasteiger partial charge in [0.15, 0.2) is 0 Å². The highest BCUT2D eigenvalue weighted by atomic mass is 16.2. The van der Waals surface area contributed by atoms with E-state index in [1.165, 1.54) is 4.57 Å². The van der Waals surface area contributed by atoms with Crippen molar-refractivity contribution in [1.82, 2.24) is 9.13 Å². The van der Waals surface area contributed by atoms with E-state index in [4.69, 9.17) is 0 Å². The maximum absolute atomic E-state index is 12.8. The first-order valence-corrected chi connectivity index (χ1v) is 8.50. The van der Waals surface area contributed by atoms with E-state index in [9.17, 15) is 9.59 Å². The van der Waals surface area contributed by atoms with Crippen LogP contribution in [-0.2, 0) is 6.54 Å². The van der Waals surface area contributed by atoms with Crippen LogP contribution < -0.4 is 11.2 Å². The third-order valence-corrected chi connectivity index (χ3v) is 4.43. The van der Waals surface area contributed by atoms with Crippen molar-refractivity contribution < 1.29 is 0 Å². The Bertz CT molecular complexity index is 786. The van der Waals surface area contributed by atoms with Gasteiger partial charge in [0.1, 0.15) is 0 Å². The maximum Gasteiger partial charge on any atom is 0.331 e. The number of aryl methyl sites for hydroxylation is 1. The molecule has 0 radical (unpaired) electrons. The molecule has 1 atom stereocenters. The maximum atomic E-state index is 12.8. The summed E-state index contributed by atoms with van der Waals surface area (Å²) < 4.78 is 3.17. The van der Waals surface area contributed by atoms with Crippen LogP contribution >= 0.6 is 0 Å². The molecule has 0 fully saturated rings. The Balaban J connectivity index is 2.52. The monoisotopic (exact) mass is 314 g/mol.